The van der Waals surface area contributed by atoms with Crippen LogP contribution in [0.25, 0.3) is 0 Å². The molecule has 0 unspecified atom stereocenters. The zero-order valence-electron chi connectivity index (χ0n) is 8.63. The number of benzene rings is 1. The zero-order chi connectivity index (χ0) is 11.5. The molecule has 0 spiro atoms. The summed E-state index contributed by atoms with van der Waals surface area (Å²) in [6, 6.07) is 5.89. The van der Waals surface area contributed by atoms with Crippen molar-refractivity contribution in [2.45, 2.75) is 13.5 Å². The van der Waals surface area contributed by atoms with Crippen LogP contribution in [0.5, 0.6) is 0 Å². The molecule has 0 radical (unpaired) electrons. The van der Waals surface area contributed by atoms with E-state index in [1.165, 1.54) is 11.3 Å². The molecule has 1 heterocycles. The molecule has 0 atom stereocenters. The van der Waals surface area contributed by atoms with Gasteiger partial charge in [-0.15, -0.1) is 11.3 Å². The first kappa shape index (κ1) is 11.7. The van der Waals surface area contributed by atoms with Crippen LogP contribution in [-0.2, 0) is 6.54 Å². The molecule has 16 heavy (non-hydrogen) atoms. The van der Waals surface area contributed by atoms with Gasteiger partial charge in [0.2, 0.25) is 0 Å². The Hall–Kier alpha value is -0.770. The smallest absolute Gasteiger partial charge is 0.113 e. The van der Waals surface area contributed by atoms with Crippen molar-refractivity contribution < 1.29 is 0 Å². The Kier molecular flexibility index (Phi) is 3.69. The van der Waals surface area contributed by atoms with Gasteiger partial charge in [0.15, 0.2) is 0 Å². The lowest BCUT2D eigenvalue weighted by atomic mass is 10.2. The number of aryl methyl sites for hydroxylation is 1. The molecule has 2 nitrogen and oxygen atoms in total. The van der Waals surface area contributed by atoms with E-state index in [2.05, 4.69) is 10.3 Å². The Morgan fingerprint density at radius 3 is 2.81 bits per heavy atom. The maximum atomic E-state index is 6.03. The molecule has 0 aliphatic carbocycles. The van der Waals surface area contributed by atoms with Crippen molar-refractivity contribution in [1.29, 1.82) is 0 Å². The Morgan fingerprint density at radius 2 is 2.19 bits per heavy atom. The minimum Gasteiger partial charge on any atom is -0.378 e. The number of nitrogens with zero attached hydrogens (tertiary/aromatic N) is 1. The van der Waals surface area contributed by atoms with Crippen molar-refractivity contribution in [3.63, 3.8) is 0 Å². The summed E-state index contributed by atoms with van der Waals surface area (Å²) in [5.41, 5.74) is 2.06. The van der Waals surface area contributed by atoms with Crippen LogP contribution < -0.4 is 5.32 Å². The van der Waals surface area contributed by atoms with Crippen molar-refractivity contribution in [2.24, 2.45) is 0 Å². The lowest BCUT2D eigenvalue weighted by Crippen LogP contribution is -1.98. The molecule has 1 aromatic heterocycles. The number of hydrogen-bond donors (Lipinski definition) is 1. The van der Waals surface area contributed by atoms with Gasteiger partial charge in [-0.1, -0.05) is 29.3 Å². The third-order valence-electron chi connectivity index (χ3n) is 2.14. The first-order chi connectivity index (χ1) is 7.65. The maximum Gasteiger partial charge on any atom is 0.113 e. The van der Waals surface area contributed by atoms with E-state index in [9.17, 15) is 0 Å². The van der Waals surface area contributed by atoms with Crippen LogP contribution in [0.2, 0.25) is 9.36 Å². The molecule has 0 aliphatic rings. The first-order valence-electron chi connectivity index (χ1n) is 4.75. The summed E-state index contributed by atoms with van der Waals surface area (Å²) < 4.78 is 0.707. The second kappa shape index (κ2) is 5.04. The molecule has 1 aromatic carbocycles. The van der Waals surface area contributed by atoms with Gasteiger partial charge in [0.05, 0.1) is 12.7 Å². The molecule has 0 amide bonds. The molecule has 5 heteroatoms. The van der Waals surface area contributed by atoms with E-state index in [1.54, 1.807) is 6.20 Å². The van der Waals surface area contributed by atoms with Gasteiger partial charge in [-0.25, -0.2) is 4.98 Å². The number of rotatable bonds is 3. The van der Waals surface area contributed by atoms with Gasteiger partial charge < -0.3 is 5.32 Å². The van der Waals surface area contributed by atoms with Gasteiger partial charge in [-0.05, 0) is 24.6 Å². The summed E-state index contributed by atoms with van der Waals surface area (Å²) in [7, 11) is 0. The van der Waals surface area contributed by atoms with Crippen LogP contribution in [0.4, 0.5) is 5.69 Å². The summed E-state index contributed by atoms with van der Waals surface area (Å²) in [4.78, 5) is 4.16. The number of thiazole rings is 1. The zero-order valence-corrected chi connectivity index (χ0v) is 11.0. The van der Waals surface area contributed by atoms with Gasteiger partial charge in [-0.3, -0.25) is 0 Å². The summed E-state index contributed by atoms with van der Waals surface area (Å²) in [6.45, 7) is 2.64. The standard InChI is InChI=1S/C11H10Cl2N2S/c1-7-2-3-8(4-9(7)12)14-6-11-15-5-10(13)16-11/h2-5,14H,6H2,1H3. The fourth-order valence-corrected chi connectivity index (χ4v) is 2.33. The highest BCUT2D eigenvalue weighted by Crippen LogP contribution is 2.22. The lowest BCUT2D eigenvalue weighted by Gasteiger charge is -2.05. The lowest BCUT2D eigenvalue weighted by molar-refractivity contribution is 1.10. The first-order valence-corrected chi connectivity index (χ1v) is 6.32. The fraction of sp³-hybridized carbons (Fsp3) is 0.182. The van der Waals surface area contributed by atoms with Gasteiger partial charge in [0.1, 0.15) is 9.34 Å². The molecular weight excluding hydrogens is 263 g/mol. The van der Waals surface area contributed by atoms with Crippen LogP contribution in [0.15, 0.2) is 24.4 Å². The van der Waals surface area contributed by atoms with E-state index in [0.717, 1.165) is 21.3 Å². The van der Waals surface area contributed by atoms with Crippen LogP contribution in [0, 0.1) is 6.92 Å². The molecule has 0 fully saturated rings. The molecule has 1 N–H and O–H groups in total. The SMILES string of the molecule is Cc1ccc(NCc2ncc(Cl)s2)cc1Cl. The van der Waals surface area contributed by atoms with Crippen LogP contribution in [0.1, 0.15) is 10.6 Å². The molecule has 0 saturated heterocycles. The van der Waals surface area contributed by atoms with E-state index in [1.807, 2.05) is 25.1 Å². The predicted molar refractivity (Wildman–Crippen MR) is 70.6 cm³/mol. The average Bonchev–Trinajstić information content (AvgIpc) is 2.66. The molecule has 0 bridgehead atoms. The molecule has 0 saturated carbocycles. The summed E-state index contributed by atoms with van der Waals surface area (Å²) in [6.07, 6.45) is 1.66. The highest BCUT2D eigenvalue weighted by molar-refractivity contribution is 7.15. The Morgan fingerprint density at radius 1 is 1.38 bits per heavy atom. The fourth-order valence-electron chi connectivity index (χ4n) is 1.25. The van der Waals surface area contributed by atoms with E-state index >= 15 is 0 Å². The van der Waals surface area contributed by atoms with Gasteiger partial charge in [0.25, 0.3) is 0 Å². The van der Waals surface area contributed by atoms with Crippen molar-refractivity contribution in [3.05, 3.63) is 44.3 Å². The number of anilines is 1. The normalized spacial score (nSPS) is 10.4. The predicted octanol–water partition coefficient (Wildman–Crippen LogP) is 4.37. The average molecular weight is 273 g/mol. The topological polar surface area (TPSA) is 24.9 Å². The molecule has 0 aliphatic heterocycles. The van der Waals surface area contributed by atoms with E-state index < -0.39 is 0 Å². The monoisotopic (exact) mass is 272 g/mol. The molecular formula is C11H10Cl2N2S. The van der Waals surface area contributed by atoms with E-state index in [0.29, 0.717) is 10.9 Å². The largest absolute Gasteiger partial charge is 0.378 e. The van der Waals surface area contributed by atoms with Gasteiger partial charge in [-0.2, -0.15) is 0 Å². The molecule has 2 aromatic rings. The van der Waals surface area contributed by atoms with Crippen LogP contribution >= 0.6 is 34.5 Å². The third kappa shape index (κ3) is 2.88. The Labute approximate surface area is 108 Å². The number of aromatic nitrogens is 1. The number of halogens is 2. The second-order valence-corrected chi connectivity index (χ2v) is 5.53. The van der Waals surface area contributed by atoms with Crippen LogP contribution in [-0.4, -0.2) is 4.98 Å². The van der Waals surface area contributed by atoms with E-state index in [4.69, 9.17) is 23.2 Å². The quantitative estimate of drug-likeness (QED) is 0.898. The Bertz CT molecular complexity index is 496. The highest BCUT2D eigenvalue weighted by Gasteiger charge is 2.01. The number of nitrogens with one attached hydrogen (secondary N) is 1. The van der Waals surface area contributed by atoms with E-state index in [-0.39, 0.29) is 0 Å². The minimum atomic E-state index is 0.663. The molecule has 2 rings (SSSR count). The van der Waals surface area contributed by atoms with Crippen molar-refractivity contribution in [1.82, 2.24) is 4.98 Å². The summed E-state index contributed by atoms with van der Waals surface area (Å²) in [5, 5.41) is 4.97. The second-order valence-electron chi connectivity index (χ2n) is 3.38. The number of hydrogen-bond acceptors (Lipinski definition) is 3. The van der Waals surface area contributed by atoms with Gasteiger partial charge >= 0.3 is 0 Å². The minimum absolute atomic E-state index is 0.663. The third-order valence-corrected chi connectivity index (χ3v) is 3.66. The van der Waals surface area contributed by atoms with Gasteiger partial charge in [0, 0.05) is 10.7 Å². The molecule has 84 valence electrons. The maximum absolute atomic E-state index is 6.03. The summed E-state index contributed by atoms with van der Waals surface area (Å²) in [5.74, 6) is 0. The summed E-state index contributed by atoms with van der Waals surface area (Å²) >= 11 is 13.3. The Balaban J connectivity index is 2.02. The van der Waals surface area contributed by atoms with Crippen molar-refractivity contribution in [2.75, 3.05) is 5.32 Å². The van der Waals surface area contributed by atoms with Crippen LogP contribution in [0.3, 0.4) is 0 Å². The highest BCUT2D eigenvalue weighted by atomic mass is 35.5. The van der Waals surface area contributed by atoms with Crippen molar-refractivity contribution >= 4 is 40.2 Å². The van der Waals surface area contributed by atoms with Crippen molar-refractivity contribution in [3.8, 4) is 0 Å².